The summed E-state index contributed by atoms with van der Waals surface area (Å²) < 4.78 is 0. The molecule has 0 aromatic carbocycles. The summed E-state index contributed by atoms with van der Waals surface area (Å²) in [6.07, 6.45) is 0.168. The molecule has 1 aromatic rings. The first kappa shape index (κ1) is 14.1. The molecule has 0 aliphatic heterocycles. The van der Waals surface area contributed by atoms with Crippen molar-refractivity contribution in [3.05, 3.63) is 16.1 Å². The number of thiazole rings is 1. The second-order valence-corrected chi connectivity index (χ2v) is 6.06. The molecule has 0 saturated carbocycles. The molecule has 0 fully saturated rings. The quantitative estimate of drug-likeness (QED) is 0.879. The van der Waals surface area contributed by atoms with E-state index >= 15 is 0 Å². The Hall–Kier alpha value is -0.940. The number of rotatable bonds is 5. The second-order valence-electron chi connectivity index (χ2n) is 5.12. The van der Waals surface area contributed by atoms with Crippen LogP contribution in [0, 0.1) is 6.92 Å². The maximum Gasteiger partial charge on any atom is 0.304 e. The van der Waals surface area contributed by atoms with Gasteiger partial charge in [0.2, 0.25) is 0 Å². The Kier molecular flexibility index (Phi) is 4.65. The second kappa shape index (κ2) is 5.60. The van der Waals surface area contributed by atoms with Gasteiger partial charge < -0.3 is 5.11 Å². The predicted molar refractivity (Wildman–Crippen MR) is 69.3 cm³/mol. The first-order valence-corrected chi connectivity index (χ1v) is 6.55. The lowest BCUT2D eigenvalue weighted by Crippen LogP contribution is -2.41. The smallest absolute Gasteiger partial charge is 0.304 e. The molecule has 0 saturated heterocycles. The Morgan fingerprint density at radius 2 is 2.18 bits per heavy atom. The van der Waals surface area contributed by atoms with E-state index in [2.05, 4.69) is 30.7 Å². The minimum Gasteiger partial charge on any atom is -0.481 e. The van der Waals surface area contributed by atoms with Crippen LogP contribution in [-0.4, -0.2) is 33.0 Å². The molecule has 1 rings (SSSR count). The molecular formula is C12H20N2O2S. The van der Waals surface area contributed by atoms with Crippen molar-refractivity contribution in [2.75, 3.05) is 6.54 Å². The summed E-state index contributed by atoms with van der Waals surface area (Å²) in [6.45, 7) is 9.52. The summed E-state index contributed by atoms with van der Waals surface area (Å²) in [5, 5.41) is 11.8. The van der Waals surface area contributed by atoms with Crippen molar-refractivity contribution in [2.24, 2.45) is 0 Å². The first-order chi connectivity index (χ1) is 7.79. The van der Waals surface area contributed by atoms with E-state index in [-0.39, 0.29) is 12.0 Å². The number of carbonyl (C=O) groups is 1. The molecule has 0 bridgehead atoms. The SMILES string of the molecule is Cc1csc(CN(CCC(=O)O)C(C)(C)C)n1. The molecule has 0 atom stereocenters. The van der Waals surface area contributed by atoms with Crippen molar-refractivity contribution in [1.29, 1.82) is 0 Å². The van der Waals surface area contributed by atoms with Gasteiger partial charge in [-0.2, -0.15) is 0 Å². The number of carboxylic acids is 1. The molecule has 0 radical (unpaired) electrons. The zero-order valence-corrected chi connectivity index (χ0v) is 11.7. The molecule has 0 aliphatic carbocycles. The minimum absolute atomic E-state index is 0.0466. The summed E-state index contributed by atoms with van der Waals surface area (Å²) in [6, 6.07) is 0. The van der Waals surface area contributed by atoms with Crippen molar-refractivity contribution >= 4 is 17.3 Å². The van der Waals surface area contributed by atoms with Gasteiger partial charge in [-0.25, -0.2) is 4.98 Å². The van der Waals surface area contributed by atoms with E-state index in [4.69, 9.17) is 5.11 Å². The van der Waals surface area contributed by atoms with Crippen molar-refractivity contribution < 1.29 is 9.90 Å². The van der Waals surface area contributed by atoms with E-state index < -0.39 is 5.97 Å². The van der Waals surface area contributed by atoms with Gasteiger partial charge in [-0.05, 0) is 27.7 Å². The van der Waals surface area contributed by atoms with E-state index in [0.29, 0.717) is 6.54 Å². The Morgan fingerprint density at radius 3 is 2.59 bits per heavy atom. The van der Waals surface area contributed by atoms with Crippen LogP contribution in [0.1, 0.15) is 37.9 Å². The molecule has 0 spiro atoms. The van der Waals surface area contributed by atoms with Crippen LogP contribution >= 0.6 is 11.3 Å². The topological polar surface area (TPSA) is 53.4 Å². The largest absolute Gasteiger partial charge is 0.481 e. The summed E-state index contributed by atoms with van der Waals surface area (Å²) >= 11 is 1.63. The third-order valence-corrected chi connectivity index (χ3v) is 3.49. The van der Waals surface area contributed by atoms with Crippen molar-refractivity contribution in [2.45, 2.75) is 46.2 Å². The third-order valence-electron chi connectivity index (χ3n) is 2.54. The van der Waals surface area contributed by atoms with E-state index in [9.17, 15) is 4.79 Å². The summed E-state index contributed by atoms with van der Waals surface area (Å²) in [7, 11) is 0. The van der Waals surface area contributed by atoms with Crippen LogP contribution in [0.25, 0.3) is 0 Å². The van der Waals surface area contributed by atoms with E-state index in [1.165, 1.54) is 0 Å². The lowest BCUT2D eigenvalue weighted by molar-refractivity contribution is -0.137. The highest BCUT2D eigenvalue weighted by Gasteiger charge is 2.22. The van der Waals surface area contributed by atoms with Crippen LogP contribution in [0.2, 0.25) is 0 Å². The molecule has 1 aromatic heterocycles. The lowest BCUT2D eigenvalue weighted by atomic mass is 10.1. The third kappa shape index (κ3) is 4.83. The molecule has 5 heteroatoms. The van der Waals surface area contributed by atoms with Gasteiger partial charge in [-0.3, -0.25) is 9.69 Å². The monoisotopic (exact) mass is 256 g/mol. The Balaban J connectivity index is 2.67. The Bertz CT molecular complexity index is 382. The van der Waals surface area contributed by atoms with Gasteiger partial charge in [0, 0.05) is 23.2 Å². The molecule has 1 heterocycles. The van der Waals surface area contributed by atoms with Gasteiger partial charge in [0.15, 0.2) is 0 Å². The van der Waals surface area contributed by atoms with Crippen LogP contribution in [0.5, 0.6) is 0 Å². The highest BCUT2D eigenvalue weighted by molar-refractivity contribution is 7.09. The number of nitrogens with zero attached hydrogens (tertiary/aromatic N) is 2. The molecule has 4 nitrogen and oxygen atoms in total. The van der Waals surface area contributed by atoms with Crippen molar-refractivity contribution in [1.82, 2.24) is 9.88 Å². The van der Waals surface area contributed by atoms with Crippen LogP contribution in [-0.2, 0) is 11.3 Å². The summed E-state index contributed by atoms with van der Waals surface area (Å²) in [4.78, 5) is 17.2. The molecular weight excluding hydrogens is 236 g/mol. The zero-order chi connectivity index (χ0) is 13.1. The fourth-order valence-corrected chi connectivity index (χ4v) is 2.31. The standard InChI is InChI=1S/C12H20N2O2S/c1-9-8-17-10(13-9)7-14(12(2,3)4)6-5-11(15)16/h8H,5-7H2,1-4H3,(H,15,16). The van der Waals surface area contributed by atoms with Crippen molar-refractivity contribution in [3.8, 4) is 0 Å². The number of aliphatic carboxylic acids is 1. The molecule has 0 amide bonds. The number of hydrogen-bond donors (Lipinski definition) is 1. The van der Waals surface area contributed by atoms with Crippen molar-refractivity contribution in [3.63, 3.8) is 0 Å². The van der Waals surface area contributed by atoms with Crippen LogP contribution in [0.4, 0.5) is 0 Å². The fourth-order valence-electron chi connectivity index (χ4n) is 1.52. The molecule has 17 heavy (non-hydrogen) atoms. The number of aromatic nitrogens is 1. The van der Waals surface area contributed by atoms with E-state index in [0.717, 1.165) is 17.2 Å². The molecule has 96 valence electrons. The highest BCUT2D eigenvalue weighted by atomic mass is 32.1. The number of carboxylic acid groups (broad SMARTS) is 1. The molecule has 1 N–H and O–H groups in total. The highest BCUT2D eigenvalue weighted by Crippen LogP contribution is 2.19. The van der Waals surface area contributed by atoms with Gasteiger partial charge in [0.1, 0.15) is 5.01 Å². The number of aryl methyl sites for hydroxylation is 1. The lowest BCUT2D eigenvalue weighted by Gasteiger charge is -2.34. The molecule has 0 aliphatic rings. The molecule has 0 unspecified atom stereocenters. The van der Waals surface area contributed by atoms with Crippen LogP contribution in [0.15, 0.2) is 5.38 Å². The normalized spacial score (nSPS) is 12.1. The van der Waals surface area contributed by atoms with Gasteiger partial charge in [0.25, 0.3) is 0 Å². The summed E-state index contributed by atoms with van der Waals surface area (Å²) in [5.74, 6) is -0.755. The van der Waals surface area contributed by atoms with Crippen LogP contribution in [0.3, 0.4) is 0 Å². The zero-order valence-electron chi connectivity index (χ0n) is 10.9. The van der Waals surface area contributed by atoms with Gasteiger partial charge in [-0.15, -0.1) is 11.3 Å². The van der Waals surface area contributed by atoms with Gasteiger partial charge in [0.05, 0.1) is 13.0 Å². The average Bonchev–Trinajstić information content (AvgIpc) is 2.56. The Morgan fingerprint density at radius 1 is 1.53 bits per heavy atom. The minimum atomic E-state index is -0.755. The van der Waals surface area contributed by atoms with Crippen LogP contribution < -0.4 is 0 Å². The van der Waals surface area contributed by atoms with Gasteiger partial charge in [-0.1, -0.05) is 0 Å². The average molecular weight is 256 g/mol. The number of hydrogen-bond acceptors (Lipinski definition) is 4. The first-order valence-electron chi connectivity index (χ1n) is 5.67. The Labute approximate surface area is 106 Å². The van der Waals surface area contributed by atoms with E-state index in [1.807, 2.05) is 12.3 Å². The summed E-state index contributed by atoms with van der Waals surface area (Å²) in [5.41, 5.74) is 0.978. The maximum absolute atomic E-state index is 10.6. The van der Waals surface area contributed by atoms with E-state index in [1.54, 1.807) is 11.3 Å². The fraction of sp³-hybridized carbons (Fsp3) is 0.667. The predicted octanol–water partition coefficient (Wildman–Crippen LogP) is 2.53. The van der Waals surface area contributed by atoms with Gasteiger partial charge >= 0.3 is 5.97 Å². The maximum atomic E-state index is 10.6.